The maximum Gasteiger partial charge on any atom is 0.329 e. The number of nitrogens with one attached hydrogen (secondary N) is 1. The molecule has 0 radical (unpaired) electrons. The smallest absolute Gasteiger partial charge is 0.329 e. The molecule has 0 unspecified atom stereocenters. The molecule has 0 bridgehead atoms. The third-order valence-corrected chi connectivity index (χ3v) is 8.12. The van der Waals surface area contributed by atoms with Crippen molar-refractivity contribution >= 4 is 35.3 Å². The summed E-state index contributed by atoms with van der Waals surface area (Å²) in [7, 11) is 0. The van der Waals surface area contributed by atoms with Gasteiger partial charge >= 0.3 is 6.03 Å². The minimum absolute atomic E-state index is 0.120. The van der Waals surface area contributed by atoms with Crippen LogP contribution in [0.5, 0.6) is 11.5 Å². The number of rotatable bonds is 6. The van der Waals surface area contributed by atoms with Gasteiger partial charge in [-0.15, -0.1) is 0 Å². The number of aryl methyl sites for hydroxylation is 2. The van der Waals surface area contributed by atoms with Gasteiger partial charge in [-0.3, -0.25) is 9.59 Å². The van der Waals surface area contributed by atoms with Crippen molar-refractivity contribution in [2.75, 3.05) is 10.6 Å². The van der Waals surface area contributed by atoms with E-state index in [0.717, 1.165) is 22.3 Å². The number of imide groups is 1. The molecule has 2 fully saturated rings. The van der Waals surface area contributed by atoms with Crippen LogP contribution in [0.1, 0.15) is 45.5 Å². The number of fused-ring (bicyclic) bond motifs is 1. The molecule has 3 aromatic carbocycles. The summed E-state index contributed by atoms with van der Waals surface area (Å²) >= 11 is 0. The molecule has 2 aliphatic carbocycles. The number of halogens is 1. The van der Waals surface area contributed by atoms with E-state index in [9.17, 15) is 18.8 Å². The lowest BCUT2D eigenvalue weighted by molar-refractivity contribution is -0.119. The second-order valence-electron chi connectivity index (χ2n) is 11.0. The number of hydrogen-bond donors (Lipinski definition) is 2. The Labute approximate surface area is 240 Å². The molecule has 3 amide bonds. The topological polar surface area (TPSA) is 120 Å². The summed E-state index contributed by atoms with van der Waals surface area (Å²) in [5.41, 5.74) is 10.8. The molecule has 1 saturated carbocycles. The van der Waals surface area contributed by atoms with E-state index in [2.05, 4.69) is 10.4 Å². The summed E-state index contributed by atoms with van der Waals surface area (Å²) < 4.78 is 21.3. The Morgan fingerprint density at radius 2 is 1.83 bits per heavy atom. The first-order valence-corrected chi connectivity index (χ1v) is 13.6. The molecule has 2 heterocycles. The van der Waals surface area contributed by atoms with E-state index in [1.165, 1.54) is 21.8 Å². The Balaban J connectivity index is 1.11. The number of ether oxygens (including phenoxy) is 1. The number of para-hydroxylation sites is 1. The van der Waals surface area contributed by atoms with Crippen LogP contribution < -0.4 is 20.7 Å². The first-order valence-electron chi connectivity index (χ1n) is 13.6. The number of urea groups is 1. The summed E-state index contributed by atoms with van der Waals surface area (Å²) in [6, 6.07) is 14.7. The number of anilines is 2. The monoisotopic (exact) mass is 563 g/mol. The van der Waals surface area contributed by atoms with Gasteiger partial charge in [0.1, 0.15) is 17.1 Å². The highest BCUT2D eigenvalue weighted by Crippen LogP contribution is 2.44. The predicted molar refractivity (Wildman–Crippen MR) is 154 cm³/mol. The predicted octanol–water partition coefficient (Wildman–Crippen LogP) is 5.41. The fourth-order valence-electron chi connectivity index (χ4n) is 5.62. The van der Waals surface area contributed by atoms with Crippen LogP contribution >= 0.6 is 0 Å². The number of aromatic nitrogens is 2. The lowest BCUT2D eigenvalue weighted by atomic mass is 10.0. The first-order chi connectivity index (χ1) is 20.1. The van der Waals surface area contributed by atoms with E-state index in [1.54, 1.807) is 36.4 Å². The van der Waals surface area contributed by atoms with Crippen molar-refractivity contribution in [1.82, 2.24) is 15.1 Å². The Morgan fingerprint density at radius 1 is 1.05 bits per heavy atom. The number of hydrogen-bond acceptors (Lipinski definition) is 6. The molecule has 4 aromatic rings. The Hall–Kier alpha value is -5.25. The molecule has 0 atom stereocenters. The van der Waals surface area contributed by atoms with Crippen molar-refractivity contribution in [3.8, 4) is 17.2 Å². The molecular formula is C32H26FN5O4. The van der Waals surface area contributed by atoms with Gasteiger partial charge < -0.3 is 15.8 Å². The molecular weight excluding hydrogens is 537 g/mol. The van der Waals surface area contributed by atoms with Crippen LogP contribution in [0, 0.1) is 19.7 Å². The van der Waals surface area contributed by atoms with Crippen LogP contribution in [0.3, 0.4) is 0 Å². The van der Waals surface area contributed by atoms with Crippen molar-refractivity contribution in [2.24, 2.45) is 0 Å². The van der Waals surface area contributed by atoms with Crippen LogP contribution in [0.4, 0.5) is 20.7 Å². The largest absolute Gasteiger partial charge is 0.454 e. The summed E-state index contributed by atoms with van der Waals surface area (Å²) in [5, 5.41) is 7.18. The van der Waals surface area contributed by atoms with Gasteiger partial charge in [0, 0.05) is 12.0 Å². The third kappa shape index (κ3) is 3.98. The van der Waals surface area contributed by atoms with E-state index in [-0.39, 0.29) is 28.8 Å². The highest BCUT2D eigenvalue weighted by atomic mass is 19.1. The minimum atomic E-state index is -0.745. The van der Waals surface area contributed by atoms with Crippen molar-refractivity contribution in [1.29, 1.82) is 0 Å². The van der Waals surface area contributed by atoms with E-state index < -0.39 is 17.4 Å². The van der Waals surface area contributed by atoms with Crippen molar-refractivity contribution in [2.45, 2.75) is 38.6 Å². The number of nitrogens with two attached hydrogens (primary N) is 1. The fourth-order valence-corrected chi connectivity index (χ4v) is 5.62. The quantitative estimate of drug-likeness (QED) is 0.239. The number of carbonyl (C=O) groups excluding carboxylic acids is 3. The van der Waals surface area contributed by atoms with Gasteiger partial charge in [-0.1, -0.05) is 12.1 Å². The van der Waals surface area contributed by atoms with Gasteiger partial charge in [0.15, 0.2) is 17.3 Å². The van der Waals surface area contributed by atoms with Crippen LogP contribution in [0.15, 0.2) is 66.4 Å². The standard InChI is InChI=1S/C32H26FN5O4/c1-17-11-19-13-21(14-20(19)15-25(17)37-30(40)32(9-10-32)36-31(37)41)28(39)23-16-35-38(29(23)34)22-7-8-26(18(2)12-22)42-27-6-4-3-5-24(27)33/h3-8,11-13,15-16H,9-10,14,34H2,1-2H3,(H,36,41). The molecule has 1 aliphatic heterocycles. The molecule has 3 aliphatic rings. The second-order valence-corrected chi connectivity index (χ2v) is 11.0. The van der Waals surface area contributed by atoms with Gasteiger partial charge in [-0.05, 0) is 97.5 Å². The van der Waals surface area contributed by atoms with Crippen LogP contribution in [0.25, 0.3) is 11.8 Å². The zero-order valence-electron chi connectivity index (χ0n) is 22.9. The minimum Gasteiger partial charge on any atom is -0.454 e. The number of nitrogen functional groups attached to an aromatic ring is 1. The lowest BCUT2D eigenvalue weighted by Crippen LogP contribution is -2.32. The Morgan fingerprint density at radius 3 is 2.55 bits per heavy atom. The van der Waals surface area contributed by atoms with Crippen molar-refractivity contribution < 1.29 is 23.5 Å². The van der Waals surface area contributed by atoms with Crippen LogP contribution in [-0.4, -0.2) is 33.0 Å². The van der Waals surface area contributed by atoms with Gasteiger partial charge in [-0.25, -0.2) is 18.8 Å². The second kappa shape index (κ2) is 9.13. The number of nitrogens with zero attached hydrogens (tertiary/aromatic N) is 3. The summed E-state index contributed by atoms with van der Waals surface area (Å²) in [4.78, 5) is 40.4. The molecule has 210 valence electrons. The SMILES string of the molecule is Cc1cc(-n2ncc(C(=O)C3=Cc4cc(C)c(N5C(=O)NC6(CC6)C5=O)cc4C3)c2N)ccc1Oc1ccccc1F. The summed E-state index contributed by atoms with van der Waals surface area (Å²) in [6.45, 7) is 3.67. The third-order valence-electron chi connectivity index (χ3n) is 8.12. The average molecular weight is 564 g/mol. The van der Waals surface area contributed by atoms with Crippen molar-refractivity contribution in [3.63, 3.8) is 0 Å². The molecule has 1 aromatic heterocycles. The number of allylic oxidation sites excluding steroid dienone is 1. The average Bonchev–Trinajstić information content (AvgIpc) is 3.35. The van der Waals surface area contributed by atoms with Gasteiger partial charge in [0.05, 0.1) is 23.1 Å². The maximum absolute atomic E-state index is 14.0. The van der Waals surface area contributed by atoms with Gasteiger partial charge in [0.2, 0.25) is 0 Å². The van der Waals surface area contributed by atoms with E-state index in [1.807, 2.05) is 32.1 Å². The Kier molecular flexibility index (Phi) is 5.59. The summed E-state index contributed by atoms with van der Waals surface area (Å²) in [6.07, 6.45) is 4.90. The van der Waals surface area contributed by atoms with Crippen molar-refractivity contribution in [3.05, 3.63) is 100 Å². The van der Waals surface area contributed by atoms with Crippen LogP contribution in [-0.2, 0) is 11.2 Å². The Bertz CT molecular complexity index is 1890. The lowest BCUT2D eigenvalue weighted by Gasteiger charge is -2.17. The zero-order chi connectivity index (χ0) is 29.3. The number of carbonyl (C=O) groups is 3. The zero-order valence-corrected chi connectivity index (χ0v) is 22.9. The van der Waals surface area contributed by atoms with Gasteiger partial charge in [0.25, 0.3) is 5.91 Å². The first kappa shape index (κ1) is 25.7. The van der Waals surface area contributed by atoms with E-state index in [4.69, 9.17) is 10.5 Å². The van der Waals surface area contributed by atoms with Crippen LogP contribution in [0.2, 0.25) is 0 Å². The molecule has 7 rings (SSSR count). The maximum atomic E-state index is 14.0. The molecule has 42 heavy (non-hydrogen) atoms. The highest BCUT2D eigenvalue weighted by molar-refractivity contribution is 6.25. The number of Topliss-reactive ketones (excluding diaryl/α,β-unsaturated/α-hetero) is 1. The molecule has 10 heteroatoms. The number of ketones is 1. The van der Waals surface area contributed by atoms with E-state index in [0.29, 0.717) is 42.0 Å². The molecule has 1 saturated heterocycles. The fraction of sp³-hybridized carbons (Fsp3) is 0.188. The van der Waals surface area contributed by atoms with Gasteiger partial charge in [-0.2, -0.15) is 5.10 Å². The number of amides is 3. The molecule has 3 N–H and O–H groups in total. The molecule has 1 spiro atoms. The van der Waals surface area contributed by atoms with E-state index >= 15 is 0 Å². The number of benzene rings is 3. The molecule has 9 nitrogen and oxygen atoms in total. The normalized spacial score (nSPS) is 16.5. The summed E-state index contributed by atoms with van der Waals surface area (Å²) in [5.74, 6) is -0.149. The highest BCUT2D eigenvalue weighted by Gasteiger charge is 2.60.